The van der Waals surface area contributed by atoms with Gasteiger partial charge < -0.3 is 40.0 Å². The first-order valence-electron chi connectivity index (χ1n) is 18.6. The van der Waals surface area contributed by atoms with Gasteiger partial charge in [0.05, 0.1) is 41.8 Å². The fourth-order valence-electron chi connectivity index (χ4n) is 8.02. The molecule has 0 unspecified atom stereocenters. The van der Waals surface area contributed by atoms with Crippen LogP contribution in [0.5, 0.6) is 0 Å². The molecule has 5 N–H and O–H groups in total. The summed E-state index contributed by atoms with van der Waals surface area (Å²) in [6.07, 6.45) is 2.72. The Morgan fingerprint density at radius 1 is 0.830 bits per heavy atom. The lowest BCUT2D eigenvalue weighted by Crippen LogP contribution is -2.51. The molecule has 3 aromatic heterocycles. The molecule has 13 heteroatoms. The number of hydrogen-bond donors (Lipinski definition) is 4. The highest BCUT2D eigenvalue weighted by Crippen LogP contribution is 2.38. The van der Waals surface area contributed by atoms with Crippen molar-refractivity contribution >= 4 is 61.7 Å². The van der Waals surface area contributed by atoms with Gasteiger partial charge in [-0.05, 0) is 73.2 Å². The van der Waals surface area contributed by atoms with Gasteiger partial charge in [-0.1, -0.05) is 45.9 Å². The number of methoxy groups -OCH3 is 1. The maximum Gasteiger partial charge on any atom is 0.407 e. The third-order valence-corrected chi connectivity index (χ3v) is 11.0. The number of carbonyl (C=O) groups is 3. The van der Waals surface area contributed by atoms with Crippen LogP contribution in [-0.2, 0) is 14.3 Å². The third kappa shape index (κ3) is 6.06. The number of nitrogens with zero attached hydrogens (tertiary/aromatic N) is 4. The Bertz CT molecular complexity index is 2370. The molecule has 0 spiro atoms. The van der Waals surface area contributed by atoms with Crippen LogP contribution in [0.3, 0.4) is 0 Å². The van der Waals surface area contributed by atoms with E-state index >= 15 is 0 Å². The van der Waals surface area contributed by atoms with Crippen LogP contribution in [0.1, 0.15) is 77.1 Å². The van der Waals surface area contributed by atoms with Gasteiger partial charge in [-0.25, -0.2) is 14.8 Å². The molecule has 0 saturated carbocycles. The molecule has 6 aromatic rings. The van der Waals surface area contributed by atoms with E-state index in [1.165, 1.54) is 7.11 Å². The first-order valence-corrected chi connectivity index (χ1v) is 18.6. The van der Waals surface area contributed by atoms with Gasteiger partial charge in [0.15, 0.2) is 5.58 Å². The monoisotopic (exact) mass is 718 g/mol. The normalized spacial score (nSPS) is 19.0. The lowest BCUT2D eigenvalue weighted by molar-refractivity contribution is -0.136. The van der Waals surface area contributed by atoms with Crippen molar-refractivity contribution in [3.05, 3.63) is 60.2 Å². The quantitative estimate of drug-likeness (QED) is 0.135. The number of alkyl carbamates (subject to hydrolysis) is 1. The number of nitrogens with one attached hydrogen (secondary N) is 3. The van der Waals surface area contributed by atoms with Gasteiger partial charge in [-0.15, -0.1) is 0 Å². The number of benzene rings is 3. The van der Waals surface area contributed by atoms with Gasteiger partial charge in [0.1, 0.15) is 29.0 Å². The largest absolute Gasteiger partial charge is 0.454 e. The van der Waals surface area contributed by atoms with Crippen molar-refractivity contribution in [2.24, 2.45) is 17.6 Å². The number of imidazole rings is 2. The fourth-order valence-corrected chi connectivity index (χ4v) is 8.02. The number of aromatic amines is 2. The minimum atomic E-state index is -0.706. The summed E-state index contributed by atoms with van der Waals surface area (Å²) in [7, 11) is 1.29. The van der Waals surface area contributed by atoms with Crippen molar-refractivity contribution < 1.29 is 23.5 Å². The molecule has 2 aliphatic rings. The minimum Gasteiger partial charge on any atom is -0.454 e. The molecule has 8 rings (SSSR count). The summed E-state index contributed by atoms with van der Waals surface area (Å²) in [4.78, 5) is 59.5. The van der Waals surface area contributed by atoms with Gasteiger partial charge in [0.2, 0.25) is 11.8 Å². The van der Waals surface area contributed by atoms with Crippen LogP contribution in [0.4, 0.5) is 4.79 Å². The molecule has 2 aliphatic heterocycles. The van der Waals surface area contributed by atoms with Crippen LogP contribution >= 0.6 is 0 Å². The van der Waals surface area contributed by atoms with E-state index < -0.39 is 18.2 Å². The molecule has 2 saturated heterocycles. The van der Waals surface area contributed by atoms with Gasteiger partial charge in [-0.2, -0.15) is 0 Å². The molecule has 5 heterocycles. The summed E-state index contributed by atoms with van der Waals surface area (Å²) >= 11 is 0. The first kappa shape index (κ1) is 34.6. The summed E-state index contributed by atoms with van der Waals surface area (Å²) in [5, 5.41) is 5.72. The summed E-state index contributed by atoms with van der Waals surface area (Å²) in [5.74, 6) is 1.98. The van der Waals surface area contributed by atoms with E-state index in [0.717, 1.165) is 81.1 Å². The second-order valence-corrected chi connectivity index (χ2v) is 15.1. The Kier molecular flexibility index (Phi) is 8.84. The maximum atomic E-state index is 13.7. The summed E-state index contributed by atoms with van der Waals surface area (Å²) in [6, 6.07) is 14.7. The third-order valence-electron chi connectivity index (χ3n) is 11.0. The van der Waals surface area contributed by atoms with E-state index in [2.05, 4.69) is 39.6 Å². The fraction of sp³-hybridized carbons (Fsp3) is 0.425. The van der Waals surface area contributed by atoms with E-state index in [4.69, 9.17) is 24.9 Å². The van der Waals surface area contributed by atoms with Crippen molar-refractivity contribution in [1.82, 2.24) is 35.1 Å². The highest BCUT2D eigenvalue weighted by molar-refractivity contribution is 6.06. The standard InChI is InChI=1S/C40H46N8O5/c1-20(2)31(41)38(49)47-16-6-8-28(47)36-42-26-14-11-22-18-23(10-13-25(22)33(26)44-36)30-19-24-12-15-27-34(35(24)53-30)45-37(43-27)29-9-7-17-48(29)39(50)32(21(3)4)46-40(51)52-5/h10-15,18-21,28-29,31-32H,6-9,16-17,41H2,1-5H3,(H,42,44)(H,43,45)(H,46,51)/t28-,29-,31-,32-/m0/s1. The van der Waals surface area contributed by atoms with Gasteiger partial charge in [-0.3, -0.25) is 9.59 Å². The predicted octanol–water partition coefficient (Wildman–Crippen LogP) is 6.70. The Labute approximate surface area is 306 Å². The molecule has 13 nitrogen and oxygen atoms in total. The number of hydrogen-bond acceptors (Lipinski definition) is 8. The van der Waals surface area contributed by atoms with Crippen molar-refractivity contribution in [2.75, 3.05) is 20.2 Å². The molecule has 0 bridgehead atoms. The lowest BCUT2D eigenvalue weighted by atomic mass is 10.0. The Balaban J connectivity index is 1.08. The topological polar surface area (TPSA) is 175 Å². The summed E-state index contributed by atoms with van der Waals surface area (Å²) in [6.45, 7) is 9.01. The van der Waals surface area contributed by atoms with E-state index in [9.17, 15) is 14.4 Å². The first-order chi connectivity index (χ1) is 25.5. The van der Waals surface area contributed by atoms with Crippen LogP contribution < -0.4 is 11.1 Å². The Morgan fingerprint density at radius 3 is 2.09 bits per heavy atom. The average Bonchev–Trinajstić information content (AvgIpc) is 3.99. The molecular weight excluding hydrogens is 672 g/mol. The number of rotatable bonds is 8. The summed E-state index contributed by atoms with van der Waals surface area (Å²) in [5.41, 5.74) is 11.2. The number of aromatic nitrogens is 4. The SMILES string of the molecule is COC(=O)N[C@H](C(=O)N1CCC[C@H]1c1nc2ccc3cc(-c4ccc5c(ccc6nc([C@@H]7CCCN7C(=O)[C@@H](N)C(C)C)[nH]c65)c4)oc3c2[nH]1)C(C)C. The molecule has 2 fully saturated rings. The zero-order valence-corrected chi connectivity index (χ0v) is 30.7. The second kappa shape index (κ2) is 13.5. The van der Waals surface area contributed by atoms with Crippen LogP contribution in [0, 0.1) is 11.8 Å². The molecule has 3 aromatic carbocycles. The lowest BCUT2D eigenvalue weighted by Gasteiger charge is -2.29. The molecule has 53 heavy (non-hydrogen) atoms. The van der Waals surface area contributed by atoms with Crippen molar-refractivity contribution in [3.8, 4) is 11.3 Å². The molecule has 0 radical (unpaired) electrons. The van der Waals surface area contributed by atoms with Crippen LogP contribution in [-0.4, -0.2) is 79.9 Å². The molecule has 4 atom stereocenters. The Morgan fingerprint density at radius 2 is 1.45 bits per heavy atom. The van der Waals surface area contributed by atoms with Crippen molar-refractivity contribution in [2.45, 2.75) is 77.5 Å². The van der Waals surface area contributed by atoms with Crippen molar-refractivity contribution in [1.29, 1.82) is 0 Å². The molecular formula is C40H46N8O5. The Hall–Kier alpha value is -5.43. The van der Waals surface area contributed by atoms with E-state index in [0.29, 0.717) is 24.5 Å². The van der Waals surface area contributed by atoms with Gasteiger partial charge in [0.25, 0.3) is 0 Å². The second-order valence-electron chi connectivity index (χ2n) is 15.1. The number of H-pyrrole nitrogens is 2. The predicted molar refractivity (Wildman–Crippen MR) is 203 cm³/mol. The van der Waals surface area contributed by atoms with Gasteiger partial charge >= 0.3 is 6.09 Å². The molecule has 3 amide bonds. The van der Waals surface area contributed by atoms with Gasteiger partial charge in [0, 0.05) is 29.4 Å². The molecule has 276 valence electrons. The highest BCUT2D eigenvalue weighted by Gasteiger charge is 2.38. The molecule has 0 aliphatic carbocycles. The number of ether oxygens (including phenoxy) is 1. The number of nitrogens with two attached hydrogens (primary N) is 1. The number of amides is 3. The number of carbonyl (C=O) groups excluding carboxylic acids is 3. The number of furan rings is 1. The minimum absolute atomic E-state index is 0.0210. The number of likely N-dealkylation sites (tertiary alicyclic amines) is 2. The van der Waals surface area contributed by atoms with Crippen molar-refractivity contribution in [3.63, 3.8) is 0 Å². The number of fused-ring (bicyclic) bond motifs is 6. The zero-order chi connectivity index (χ0) is 37.1. The summed E-state index contributed by atoms with van der Waals surface area (Å²) < 4.78 is 11.3. The van der Waals surface area contributed by atoms with Crippen LogP contribution in [0.15, 0.2) is 52.9 Å². The van der Waals surface area contributed by atoms with E-state index in [1.807, 2.05) is 61.8 Å². The average molecular weight is 719 g/mol. The van der Waals surface area contributed by atoms with Crippen LogP contribution in [0.25, 0.3) is 55.1 Å². The van der Waals surface area contributed by atoms with E-state index in [-0.39, 0.29) is 35.7 Å². The zero-order valence-electron chi connectivity index (χ0n) is 30.7. The van der Waals surface area contributed by atoms with E-state index in [1.54, 1.807) is 0 Å². The highest BCUT2D eigenvalue weighted by atomic mass is 16.5. The maximum absolute atomic E-state index is 13.7. The smallest absolute Gasteiger partial charge is 0.407 e. The van der Waals surface area contributed by atoms with Crippen LogP contribution in [0.2, 0.25) is 0 Å².